The topological polar surface area (TPSA) is 46.2 Å². The third-order valence-electron chi connectivity index (χ3n) is 2.68. The molecule has 2 rings (SSSR count). The van der Waals surface area contributed by atoms with E-state index in [0.717, 1.165) is 23.3 Å². The highest BCUT2D eigenvalue weighted by molar-refractivity contribution is 7.92. The summed E-state index contributed by atoms with van der Waals surface area (Å²) in [7, 11) is -3.94. The monoisotopic (exact) mass is 297 g/mol. The smallest absolute Gasteiger partial charge is 0.261 e. The number of anilines is 1. The van der Waals surface area contributed by atoms with E-state index < -0.39 is 21.7 Å². The van der Waals surface area contributed by atoms with Crippen molar-refractivity contribution in [2.75, 3.05) is 4.72 Å². The molecule has 0 aliphatic heterocycles. The molecule has 0 radical (unpaired) electrons. The minimum Gasteiger partial charge on any atom is -0.280 e. The van der Waals surface area contributed by atoms with Crippen molar-refractivity contribution in [1.82, 2.24) is 0 Å². The van der Waals surface area contributed by atoms with Gasteiger partial charge in [0.25, 0.3) is 10.0 Å². The van der Waals surface area contributed by atoms with Gasteiger partial charge in [-0.05, 0) is 55.3 Å². The molecule has 106 valence electrons. The van der Waals surface area contributed by atoms with Crippen molar-refractivity contribution in [3.05, 3.63) is 59.2 Å². The number of hydrogen-bond acceptors (Lipinski definition) is 2. The zero-order chi connectivity index (χ0) is 14.9. The van der Waals surface area contributed by atoms with Gasteiger partial charge in [-0.15, -0.1) is 0 Å². The molecule has 0 spiro atoms. The van der Waals surface area contributed by atoms with Gasteiger partial charge in [0.2, 0.25) is 0 Å². The van der Waals surface area contributed by atoms with E-state index in [1.807, 2.05) is 19.9 Å². The lowest BCUT2D eigenvalue weighted by molar-refractivity contribution is 0.504. The van der Waals surface area contributed by atoms with Gasteiger partial charge in [0.05, 0.1) is 4.90 Å². The molecule has 2 aromatic rings. The van der Waals surface area contributed by atoms with Crippen LogP contribution < -0.4 is 4.72 Å². The molecule has 0 bridgehead atoms. The molecule has 0 aromatic heterocycles. The Hall–Kier alpha value is -1.95. The van der Waals surface area contributed by atoms with Crippen LogP contribution in [0.2, 0.25) is 0 Å². The van der Waals surface area contributed by atoms with Gasteiger partial charge in [0, 0.05) is 5.69 Å². The van der Waals surface area contributed by atoms with Gasteiger partial charge >= 0.3 is 0 Å². The van der Waals surface area contributed by atoms with E-state index in [1.165, 1.54) is 0 Å². The third kappa shape index (κ3) is 3.14. The van der Waals surface area contributed by atoms with Gasteiger partial charge in [-0.25, -0.2) is 17.2 Å². The molecule has 3 nitrogen and oxygen atoms in total. The predicted octanol–water partition coefficient (Wildman–Crippen LogP) is 3.38. The predicted molar refractivity (Wildman–Crippen MR) is 73.1 cm³/mol. The lowest BCUT2D eigenvalue weighted by atomic mass is 10.1. The zero-order valence-corrected chi connectivity index (χ0v) is 11.8. The van der Waals surface area contributed by atoms with E-state index in [2.05, 4.69) is 4.72 Å². The fourth-order valence-electron chi connectivity index (χ4n) is 1.89. The molecule has 0 unspecified atom stereocenters. The molecule has 0 atom stereocenters. The molecular weight excluding hydrogens is 284 g/mol. The largest absolute Gasteiger partial charge is 0.280 e. The maximum atomic E-state index is 13.1. The van der Waals surface area contributed by atoms with Gasteiger partial charge in [0.15, 0.2) is 11.6 Å². The molecule has 20 heavy (non-hydrogen) atoms. The first kappa shape index (κ1) is 14.5. The van der Waals surface area contributed by atoms with Crippen LogP contribution in [0.3, 0.4) is 0 Å². The van der Waals surface area contributed by atoms with E-state index in [0.29, 0.717) is 11.8 Å². The maximum Gasteiger partial charge on any atom is 0.261 e. The Morgan fingerprint density at radius 2 is 1.50 bits per heavy atom. The number of nitrogens with one attached hydrogen (secondary N) is 1. The van der Waals surface area contributed by atoms with Crippen LogP contribution in [0.1, 0.15) is 11.1 Å². The van der Waals surface area contributed by atoms with Crippen LogP contribution in [0.25, 0.3) is 0 Å². The number of halogens is 2. The van der Waals surface area contributed by atoms with Crippen LogP contribution in [0.15, 0.2) is 41.3 Å². The average molecular weight is 297 g/mol. The molecule has 1 N–H and O–H groups in total. The molecule has 0 saturated heterocycles. The van der Waals surface area contributed by atoms with Crippen LogP contribution in [0, 0.1) is 25.5 Å². The van der Waals surface area contributed by atoms with Crippen molar-refractivity contribution in [2.24, 2.45) is 0 Å². The van der Waals surface area contributed by atoms with Crippen molar-refractivity contribution in [2.45, 2.75) is 18.7 Å². The normalized spacial score (nSPS) is 11.4. The number of aryl methyl sites for hydroxylation is 2. The van der Waals surface area contributed by atoms with Crippen LogP contribution >= 0.6 is 0 Å². The highest BCUT2D eigenvalue weighted by Gasteiger charge is 2.16. The summed E-state index contributed by atoms with van der Waals surface area (Å²) in [6.07, 6.45) is 0. The quantitative estimate of drug-likeness (QED) is 0.944. The summed E-state index contributed by atoms with van der Waals surface area (Å²) in [5, 5.41) is 0. The molecule has 0 aliphatic carbocycles. The Bertz CT molecular complexity index is 738. The SMILES string of the molecule is Cc1cc(C)cc(NS(=O)(=O)c2ccc(F)c(F)c2)c1. The second-order valence-corrected chi connectivity index (χ2v) is 6.24. The van der Waals surface area contributed by atoms with Gasteiger partial charge in [-0.3, -0.25) is 4.72 Å². The Morgan fingerprint density at radius 1 is 0.900 bits per heavy atom. The van der Waals surface area contributed by atoms with Crippen molar-refractivity contribution >= 4 is 15.7 Å². The van der Waals surface area contributed by atoms with Crippen molar-refractivity contribution in [3.63, 3.8) is 0 Å². The highest BCUT2D eigenvalue weighted by Crippen LogP contribution is 2.20. The molecule has 6 heteroatoms. The summed E-state index contributed by atoms with van der Waals surface area (Å²) >= 11 is 0. The standard InChI is InChI=1S/C14H13F2NO2S/c1-9-5-10(2)7-11(6-9)17-20(18,19)12-3-4-13(15)14(16)8-12/h3-8,17H,1-2H3. The van der Waals surface area contributed by atoms with Crippen molar-refractivity contribution < 1.29 is 17.2 Å². The molecule has 0 amide bonds. The number of rotatable bonds is 3. The Balaban J connectivity index is 2.37. The van der Waals surface area contributed by atoms with Crippen LogP contribution in [0.5, 0.6) is 0 Å². The molecule has 0 saturated carbocycles. The minimum absolute atomic E-state index is 0.324. The van der Waals surface area contributed by atoms with E-state index in [-0.39, 0.29) is 4.90 Å². The first-order valence-electron chi connectivity index (χ1n) is 5.84. The number of sulfonamides is 1. The van der Waals surface area contributed by atoms with E-state index in [4.69, 9.17) is 0 Å². The Kier molecular flexibility index (Phi) is 3.76. The summed E-state index contributed by atoms with van der Waals surface area (Å²) < 4.78 is 52.5. The summed E-state index contributed by atoms with van der Waals surface area (Å²) in [5.41, 5.74) is 2.17. The fourth-order valence-corrected chi connectivity index (χ4v) is 2.94. The zero-order valence-electron chi connectivity index (χ0n) is 10.9. The van der Waals surface area contributed by atoms with Crippen LogP contribution in [-0.2, 0) is 10.0 Å². The summed E-state index contributed by atoms with van der Waals surface area (Å²) in [5.74, 6) is -2.29. The Morgan fingerprint density at radius 3 is 2.05 bits per heavy atom. The van der Waals surface area contributed by atoms with Crippen molar-refractivity contribution in [1.29, 1.82) is 0 Å². The lowest BCUT2D eigenvalue weighted by Crippen LogP contribution is -2.13. The second-order valence-electron chi connectivity index (χ2n) is 4.56. The Labute approximate surface area is 116 Å². The van der Waals surface area contributed by atoms with E-state index in [9.17, 15) is 17.2 Å². The molecular formula is C14H13F2NO2S. The summed E-state index contributed by atoms with van der Waals surface area (Å²) in [4.78, 5) is -0.324. The van der Waals surface area contributed by atoms with Crippen molar-refractivity contribution in [3.8, 4) is 0 Å². The minimum atomic E-state index is -3.94. The molecule has 2 aromatic carbocycles. The van der Waals surface area contributed by atoms with Gasteiger partial charge < -0.3 is 0 Å². The summed E-state index contributed by atoms with van der Waals surface area (Å²) in [6, 6.07) is 7.67. The third-order valence-corrected chi connectivity index (χ3v) is 4.05. The number of hydrogen-bond donors (Lipinski definition) is 1. The summed E-state index contributed by atoms with van der Waals surface area (Å²) in [6.45, 7) is 3.67. The molecule has 0 heterocycles. The average Bonchev–Trinajstić information content (AvgIpc) is 2.30. The van der Waals surface area contributed by atoms with Crippen LogP contribution in [-0.4, -0.2) is 8.42 Å². The molecule has 0 aliphatic rings. The fraction of sp³-hybridized carbons (Fsp3) is 0.143. The van der Waals surface area contributed by atoms with Crippen LogP contribution in [0.4, 0.5) is 14.5 Å². The van der Waals surface area contributed by atoms with E-state index >= 15 is 0 Å². The van der Waals surface area contributed by atoms with Gasteiger partial charge in [0.1, 0.15) is 0 Å². The highest BCUT2D eigenvalue weighted by atomic mass is 32.2. The number of benzene rings is 2. The van der Waals surface area contributed by atoms with E-state index in [1.54, 1.807) is 12.1 Å². The second kappa shape index (κ2) is 5.20. The molecule has 0 fully saturated rings. The maximum absolute atomic E-state index is 13.1. The van der Waals surface area contributed by atoms with Gasteiger partial charge in [-0.1, -0.05) is 6.07 Å². The van der Waals surface area contributed by atoms with Gasteiger partial charge in [-0.2, -0.15) is 0 Å². The first-order chi connectivity index (χ1) is 9.28. The first-order valence-corrected chi connectivity index (χ1v) is 7.32. The lowest BCUT2D eigenvalue weighted by Gasteiger charge is -2.10.